The number of nitrogens with zero attached hydrogens (tertiary/aromatic N) is 1. The molecule has 2 amide bonds. The molecule has 1 saturated heterocycles. The summed E-state index contributed by atoms with van der Waals surface area (Å²) in [6, 6.07) is 3.02. The summed E-state index contributed by atoms with van der Waals surface area (Å²) in [6.45, 7) is 6.55. The standard InChI is InChI=1S/C20H30N2O4S/c1-14(2)7-4-8-15(3)21-18(23)13-26-20(25)16-9-5-11-22(16)19(24)17-10-6-12-27-17/h6,10,12,14-16H,4-5,7-9,11,13H2,1-3H3,(H,21,23)/t15?,16-/m0/s1. The van der Waals surface area contributed by atoms with Crippen LogP contribution in [0.15, 0.2) is 17.5 Å². The molecule has 1 aromatic rings. The summed E-state index contributed by atoms with van der Waals surface area (Å²) in [5.41, 5.74) is 0. The van der Waals surface area contributed by atoms with Gasteiger partial charge in [0.15, 0.2) is 6.61 Å². The summed E-state index contributed by atoms with van der Waals surface area (Å²) in [6.07, 6.45) is 4.43. The van der Waals surface area contributed by atoms with E-state index in [-0.39, 0.29) is 24.5 Å². The van der Waals surface area contributed by atoms with Gasteiger partial charge in [-0.05, 0) is 43.6 Å². The smallest absolute Gasteiger partial charge is 0.329 e. The molecule has 1 N–H and O–H groups in total. The Hall–Kier alpha value is -1.89. The van der Waals surface area contributed by atoms with Gasteiger partial charge in [0.2, 0.25) is 0 Å². The molecule has 27 heavy (non-hydrogen) atoms. The number of hydrogen-bond donors (Lipinski definition) is 1. The average Bonchev–Trinajstić information content (AvgIpc) is 3.30. The van der Waals surface area contributed by atoms with E-state index in [2.05, 4.69) is 19.2 Å². The zero-order valence-corrected chi connectivity index (χ0v) is 17.2. The first-order chi connectivity index (χ1) is 12.9. The summed E-state index contributed by atoms with van der Waals surface area (Å²) in [7, 11) is 0. The van der Waals surface area contributed by atoms with Gasteiger partial charge in [-0.25, -0.2) is 4.79 Å². The van der Waals surface area contributed by atoms with Crippen molar-refractivity contribution in [1.82, 2.24) is 10.2 Å². The van der Waals surface area contributed by atoms with Gasteiger partial charge in [0.05, 0.1) is 4.88 Å². The first kappa shape index (κ1) is 21.4. The van der Waals surface area contributed by atoms with Crippen LogP contribution in [-0.4, -0.2) is 47.9 Å². The van der Waals surface area contributed by atoms with Gasteiger partial charge in [-0.2, -0.15) is 0 Å². The highest BCUT2D eigenvalue weighted by Gasteiger charge is 2.36. The number of amides is 2. The van der Waals surface area contributed by atoms with E-state index in [4.69, 9.17) is 4.74 Å². The second kappa shape index (κ2) is 10.4. The van der Waals surface area contributed by atoms with E-state index in [0.717, 1.165) is 25.7 Å². The maximum atomic E-state index is 12.5. The predicted octanol–water partition coefficient (Wildman–Crippen LogP) is 3.23. The van der Waals surface area contributed by atoms with Gasteiger partial charge >= 0.3 is 5.97 Å². The highest BCUT2D eigenvalue weighted by molar-refractivity contribution is 7.12. The molecular weight excluding hydrogens is 364 g/mol. The Labute approximate surface area is 165 Å². The van der Waals surface area contributed by atoms with Gasteiger partial charge in [-0.1, -0.05) is 32.8 Å². The van der Waals surface area contributed by atoms with Gasteiger partial charge in [0.1, 0.15) is 6.04 Å². The predicted molar refractivity (Wildman–Crippen MR) is 106 cm³/mol. The number of esters is 1. The molecule has 1 unspecified atom stereocenters. The quantitative estimate of drug-likeness (QED) is 0.653. The zero-order valence-electron chi connectivity index (χ0n) is 16.4. The lowest BCUT2D eigenvalue weighted by atomic mass is 10.0. The van der Waals surface area contributed by atoms with Gasteiger partial charge in [-0.3, -0.25) is 9.59 Å². The van der Waals surface area contributed by atoms with E-state index < -0.39 is 12.0 Å². The van der Waals surface area contributed by atoms with Crippen LogP contribution in [0.2, 0.25) is 0 Å². The van der Waals surface area contributed by atoms with Gasteiger partial charge in [-0.15, -0.1) is 11.3 Å². The average molecular weight is 395 g/mol. The number of nitrogens with one attached hydrogen (secondary N) is 1. The monoisotopic (exact) mass is 394 g/mol. The highest BCUT2D eigenvalue weighted by atomic mass is 32.1. The van der Waals surface area contributed by atoms with Crippen molar-refractivity contribution in [2.75, 3.05) is 13.2 Å². The van der Waals surface area contributed by atoms with Crippen molar-refractivity contribution in [3.8, 4) is 0 Å². The molecule has 2 heterocycles. The topological polar surface area (TPSA) is 75.7 Å². The summed E-state index contributed by atoms with van der Waals surface area (Å²) in [4.78, 5) is 39.1. The fraction of sp³-hybridized carbons (Fsp3) is 0.650. The molecule has 2 rings (SSSR count). The van der Waals surface area contributed by atoms with Gasteiger partial charge in [0.25, 0.3) is 11.8 Å². The third kappa shape index (κ3) is 6.65. The molecular formula is C20H30N2O4S. The van der Waals surface area contributed by atoms with Gasteiger partial charge < -0.3 is 15.0 Å². The number of thiophene rings is 1. The lowest BCUT2D eigenvalue weighted by Gasteiger charge is -2.22. The number of rotatable bonds is 9. The van der Waals surface area contributed by atoms with Crippen molar-refractivity contribution in [1.29, 1.82) is 0 Å². The Morgan fingerprint density at radius 2 is 2.07 bits per heavy atom. The van der Waals surface area contributed by atoms with Crippen LogP contribution >= 0.6 is 11.3 Å². The molecule has 7 heteroatoms. The second-order valence-corrected chi connectivity index (χ2v) is 8.48. The Kier molecular flexibility index (Phi) is 8.28. The first-order valence-electron chi connectivity index (χ1n) is 9.69. The van der Waals surface area contributed by atoms with E-state index in [9.17, 15) is 14.4 Å². The number of ether oxygens (including phenoxy) is 1. The van der Waals surface area contributed by atoms with Gasteiger partial charge in [0, 0.05) is 12.6 Å². The van der Waals surface area contributed by atoms with Crippen molar-refractivity contribution in [3.63, 3.8) is 0 Å². The van der Waals surface area contributed by atoms with E-state index in [1.807, 2.05) is 18.4 Å². The van der Waals surface area contributed by atoms with E-state index in [1.54, 1.807) is 11.0 Å². The second-order valence-electron chi connectivity index (χ2n) is 7.53. The number of likely N-dealkylation sites (tertiary alicyclic amines) is 1. The molecule has 1 aromatic heterocycles. The molecule has 6 nitrogen and oxygen atoms in total. The molecule has 0 aromatic carbocycles. The van der Waals surface area contributed by atoms with Crippen molar-refractivity contribution in [3.05, 3.63) is 22.4 Å². The van der Waals surface area contributed by atoms with E-state index in [0.29, 0.717) is 23.8 Å². The van der Waals surface area contributed by atoms with Crippen LogP contribution in [0.3, 0.4) is 0 Å². The molecule has 0 saturated carbocycles. The minimum absolute atomic E-state index is 0.0540. The maximum absolute atomic E-state index is 12.5. The summed E-state index contributed by atoms with van der Waals surface area (Å²) >= 11 is 1.36. The van der Waals surface area contributed by atoms with Crippen LogP contribution in [0.4, 0.5) is 0 Å². The lowest BCUT2D eigenvalue weighted by molar-refractivity contribution is -0.152. The Morgan fingerprint density at radius 3 is 2.74 bits per heavy atom. The SMILES string of the molecule is CC(C)CCCC(C)NC(=O)COC(=O)[C@@H]1CCCN1C(=O)c1cccs1. The molecule has 150 valence electrons. The van der Waals surface area contributed by atoms with Crippen molar-refractivity contribution >= 4 is 29.1 Å². The first-order valence-corrected chi connectivity index (χ1v) is 10.6. The lowest BCUT2D eigenvalue weighted by Crippen LogP contribution is -2.43. The maximum Gasteiger partial charge on any atom is 0.329 e. The van der Waals surface area contributed by atoms with Crippen LogP contribution in [0.5, 0.6) is 0 Å². The number of hydrogen-bond acceptors (Lipinski definition) is 5. The molecule has 2 atom stereocenters. The van der Waals surface area contributed by atoms with Crippen LogP contribution in [-0.2, 0) is 14.3 Å². The molecule has 0 spiro atoms. The van der Waals surface area contributed by atoms with Crippen LogP contribution in [0.25, 0.3) is 0 Å². The fourth-order valence-corrected chi connectivity index (χ4v) is 3.93. The largest absolute Gasteiger partial charge is 0.454 e. The van der Waals surface area contributed by atoms with Crippen molar-refractivity contribution in [2.45, 2.75) is 65.0 Å². The summed E-state index contributed by atoms with van der Waals surface area (Å²) in [5.74, 6) is -0.290. The third-order valence-electron chi connectivity index (χ3n) is 4.69. The normalized spacial score (nSPS) is 17.8. The number of carbonyl (C=O) groups excluding carboxylic acids is 3. The number of carbonyl (C=O) groups is 3. The Morgan fingerprint density at radius 1 is 1.30 bits per heavy atom. The fourth-order valence-electron chi connectivity index (χ4n) is 3.25. The van der Waals surface area contributed by atoms with Crippen molar-refractivity contribution in [2.24, 2.45) is 5.92 Å². The molecule has 0 bridgehead atoms. The van der Waals surface area contributed by atoms with E-state index >= 15 is 0 Å². The third-order valence-corrected chi connectivity index (χ3v) is 5.55. The Bertz CT molecular complexity index is 630. The zero-order chi connectivity index (χ0) is 19.8. The summed E-state index contributed by atoms with van der Waals surface area (Å²) < 4.78 is 5.19. The molecule has 1 aliphatic rings. The van der Waals surface area contributed by atoms with Crippen molar-refractivity contribution < 1.29 is 19.1 Å². The Balaban J connectivity index is 1.75. The minimum Gasteiger partial charge on any atom is -0.454 e. The van der Waals surface area contributed by atoms with Crippen LogP contribution < -0.4 is 5.32 Å². The van der Waals surface area contributed by atoms with Crippen LogP contribution in [0, 0.1) is 5.92 Å². The van der Waals surface area contributed by atoms with Crippen LogP contribution in [0.1, 0.15) is 62.5 Å². The minimum atomic E-state index is -0.601. The molecule has 1 aliphatic heterocycles. The van der Waals surface area contributed by atoms with E-state index in [1.165, 1.54) is 11.3 Å². The molecule has 0 radical (unpaired) electrons. The summed E-state index contributed by atoms with van der Waals surface area (Å²) in [5, 5.41) is 4.70. The highest BCUT2D eigenvalue weighted by Crippen LogP contribution is 2.23. The molecule has 1 fully saturated rings. The molecule has 0 aliphatic carbocycles.